The average Bonchev–Trinajstić information content (AvgIpc) is 2.62. The largest absolute Gasteiger partial charge is 0.355 e. The molecule has 3 N–H and O–H groups in total. The van der Waals surface area contributed by atoms with Crippen molar-refractivity contribution in [3.63, 3.8) is 0 Å². The van der Waals surface area contributed by atoms with Gasteiger partial charge in [0.05, 0.1) is 11.6 Å². The van der Waals surface area contributed by atoms with Gasteiger partial charge in [0, 0.05) is 36.6 Å². The van der Waals surface area contributed by atoms with E-state index in [1.807, 2.05) is 12.1 Å². The maximum absolute atomic E-state index is 9.05. The number of piperidine rings is 1. The van der Waals surface area contributed by atoms with Crippen LogP contribution in [-0.4, -0.2) is 29.1 Å². The Morgan fingerprint density at radius 3 is 3.00 bits per heavy atom. The van der Waals surface area contributed by atoms with Crippen LogP contribution >= 0.6 is 0 Å². The smallest absolute Gasteiger partial charge is 0.229 e. The Morgan fingerprint density at radius 2 is 2.24 bits per heavy atom. The van der Waals surface area contributed by atoms with Crippen LogP contribution in [0.3, 0.4) is 0 Å². The minimum atomic E-state index is 0.196. The molecule has 0 aliphatic carbocycles. The Labute approximate surface area is 148 Å². The standard InChI is InChI=1S/C19H24N6/c1-2-5-16-11-18(25-9-4-7-15(21)13-25)24-19(22-16)23-17-8-3-6-14(10-17)12-20/h3,6,8,10-11,15H,2,4-5,7,9,13,21H2,1H3,(H,22,23,24)/t15-/m0/s1. The predicted molar refractivity (Wildman–Crippen MR) is 99.9 cm³/mol. The third kappa shape index (κ3) is 4.46. The molecule has 1 fully saturated rings. The first kappa shape index (κ1) is 17.2. The molecule has 130 valence electrons. The Balaban J connectivity index is 1.88. The third-order valence-corrected chi connectivity index (χ3v) is 4.30. The number of hydrogen-bond donors (Lipinski definition) is 2. The SMILES string of the molecule is CCCc1cc(N2CCC[C@H](N)C2)nc(Nc2cccc(C#N)c2)n1. The van der Waals surface area contributed by atoms with E-state index in [1.54, 1.807) is 12.1 Å². The first-order chi connectivity index (χ1) is 12.2. The maximum atomic E-state index is 9.05. The lowest BCUT2D eigenvalue weighted by Crippen LogP contribution is -2.43. The zero-order chi connectivity index (χ0) is 17.6. The number of nitriles is 1. The molecule has 2 aromatic rings. The molecule has 1 aromatic carbocycles. The number of nitrogens with two attached hydrogens (primary N) is 1. The van der Waals surface area contributed by atoms with Crippen LogP contribution in [0.25, 0.3) is 0 Å². The maximum Gasteiger partial charge on any atom is 0.229 e. The van der Waals surface area contributed by atoms with Gasteiger partial charge in [0.1, 0.15) is 5.82 Å². The quantitative estimate of drug-likeness (QED) is 0.872. The Hall–Kier alpha value is -2.65. The summed E-state index contributed by atoms with van der Waals surface area (Å²) in [6, 6.07) is 11.7. The van der Waals surface area contributed by atoms with Crippen molar-refractivity contribution in [1.29, 1.82) is 5.26 Å². The van der Waals surface area contributed by atoms with Gasteiger partial charge in [0.15, 0.2) is 0 Å². The van der Waals surface area contributed by atoms with Gasteiger partial charge < -0.3 is 16.0 Å². The van der Waals surface area contributed by atoms with E-state index in [0.717, 1.165) is 56.0 Å². The summed E-state index contributed by atoms with van der Waals surface area (Å²) >= 11 is 0. The average molecular weight is 336 g/mol. The summed E-state index contributed by atoms with van der Waals surface area (Å²) < 4.78 is 0. The number of anilines is 3. The van der Waals surface area contributed by atoms with Crippen molar-refractivity contribution in [2.45, 2.75) is 38.6 Å². The Morgan fingerprint density at radius 1 is 1.36 bits per heavy atom. The van der Waals surface area contributed by atoms with E-state index in [-0.39, 0.29) is 6.04 Å². The van der Waals surface area contributed by atoms with Gasteiger partial charge in [-0.3, -0.25) is 0 Å². The molecule has 6 heteroatoms. The Bertz CT molecular complexity index is 767. The van der Waals surface area contributed by atoms with Crippen molar-refractivity contribution in [2.75, 3.05) is 23.3 Å². The second-order valence-corrected chi connectivity index (χ2v) is 6.46. The fourth-order valence-electron chi connectivity index (χ4n) is 3.10. The molecule has 1 aliphatic rings. The van der Waals surface area contributed by atoms with Gasteiger partial charge >= 0.3 is 0 Å². The minimum absolute atomic E-state index is 0.196. The molecular formula is C19H24N6. The van der Waals surface area contributed by atoms with E-state index in [0.29, 0.717) is 11.5 Å². The second-order valence-electron chi connectivity index (χ2n) is 6.46. The molecule has 25 heavy (non-hydrogen) atoms. The van der Waals surface area contributed by atoms with Crippen molar-refractivity contribution in [3.8, 4) is 6.07 Å². The molecule has 0 radical (unpaired) electrons. The summed E-state index contributed by atoms with van der Waals surface area (Å²) in [5, 5.41) is 12.3. The molecule has 0 saturated carbocycles. The molecule has 0 unspecified atom stereocenters. The van der Waals surface area contributed by atoms with Crippen LogP contribution in [0.5, 0.6) is 0 Å². The van der Waals surface area contributed by atoms with E-state index >= 15 is 0 Å². The zero-order valence-corrected chi connectivity index (χ0v) is 14.6. The summed E-state index contributed by atoms with van der Waals surface area (Å²) in [6.45, 7) is 3.94. The molecule has 1 aromatic heterocycles. The fourth-order valence-corrected chi connectivity index (χ4v) is 3.10. The molecule has 0 bridgehead atoms. The van der Waals surface area contributed by atoms with Crippen molar-refractivity contribution in [1.82, 2.24) is 9.97 Å². The number of aromatic nitrogens is 2. The molecule has 6 nitrogen and oxygen atoms in total. The van der Waals surface area contributed by atoms with E-state index in [1.165, 1.54) is 0 Å². The van der Waals surface area contributed by atoms with Gasteiger partial charge in [-0.05, 0) is 37.5 Å². The topological polar surface area (TPSA) is 90.9 Å². The predicted octanol–water partition coefficient (Wildman–Crippen LogP) is 2.97. The van der Waals surface area contributed by atoms with Gasteiger partial charge in [0.25, 0.3) is 0 Å². The van der Waals surface area contributed by atoms with Crippen LogP contribution in [0.1, 0.15) is 37.4 Å². The molecule has 0 amide bonds. The molecular weight excluding hydrogens is 312 g/mol. The molecule has 0 spiro atoms. The summed E-state index contributed by atoms with van der Waals surface area (Å²) in [6.07, 6.45) is 4.08. The van der Waals surface area contributed by atoms with Crippen LogP contribution in [0.15, 0.2) is 30.3 Å². The lowest BCUT2D eigenvalue weighted by Gasteiger charge is -2.32. The van der Waals surface area contributed by atoms with Crippen molar-refractivity contribution in [2.24, 2.45) is 5.73 Å². The highest BCUT2D eigenvalue weighted by Gasteiger charge is 2.19. The molecule has 3 rings (SSSR count). The fraction of sp³-hybridized carbons (Fsp3) is 0.421. The van der Waals surface area contributed by atoms with Crippen LogP contribution in [0.4, 0.5) is 17.5 Å². The van der Waals surface area contributed by atoms with Crippen molar-refractivity contribution < 1.29 is 0 Å². The lowest BCUT2D eigenvalue weighted by atomic mass is 10.1. The highest BCUT2D eigenvalue weighted by Crippen LogP contribution is 2.22. The summed E-state index contributed by atoms with van der Waals surface area (Å²) in [5.74, 6) is 1.49. The molecule has 1 aliphatic heterocycles. The Kier molecular flexibility index (Phi) is 5.46. The number of benzene rings is 1. The number of aryl methyl sites for hydroxylation is 1. The number of nitrogens with one attached hydrogen (secondary N) is 1. The van der Waals surface area contributed by atoms with E-state index in [9.17, 15) is 0 Å². The van der Waals surface area contributed by atoms with Gasteiger partial charge in [-0.1, -0.05) is 19.4 Å². The number of hydrogen-bond acceptors (Lipinski definition) is 6. The highest BCUT2D eigenvalue weighted by atomic mass is 15.2. The summed E-state index contributed by atoms with van der Waals surface area (Å²) in [7, 11) is 0. The summed E-state index contributed by atoms with van der Waals surface area (Å²) in [4.78, 5) is 11.6. The van der Waals surface area contributed by atoms with Crippen LogP contribution in [0, 0.1) is 11.3 Å². The zero-order valence-electron chi connectivity index (χ0n) is 14.6. The lowest BCUT2D eigenvalue weighted by molar-refractivity contribution is 0.503. The van der Waals surface area contributed by atoms with Crippen LogP contribution < -0.4 is 16.0 Å². The highest BCUT2D eigenvalue weighted by molar-refractivity contribution is 5.58. The molecule has 1 saturated heterocycles. The van der Waals surface area contributed by atoms with Crippen molar-refractivity contribution in [3.05, 3.63) is 41.6 Å². The van der Waals surface area contributed by atoms with Gasteiger partial charge in [0.2, 0.25) is 5.95 Å². The van der Waals surface area contributed by atoms with Gasteiger partial charge in [-0.2, -0.15) is 10.2 Å². The first-order valence-corrected chi connectivity index (χ1v) is 8.83. The van der Waals surface area contributed by atoms with Crippen LogP contribution in [-0.2, 0) is 6.42 Å². The van der Waals surface area contributed by atoms with Gasteiger partial charge in [-0.25, -0.2) is 4.98 Å². The molecule has 2 heterocycles. The van der Waals surface area contributed by atoms with Crippen molar-refractivity contribution >= 4 is 17.5 Å². The van der Waals surface area contributed by atoms with E-state index in [4.69, 9.17) is 11.0 Å². The first-order valence-electron chi connectivity index (χ1n) is 8.83. The second kappa shape index (κ2) is 7.95. The number of rotatable bonds is 5. The van der Waals surface area contributed by atoms with E-state index < -0.39 is 0 Å². The molecule has 1 atom stereocenters. The van der Waals surface area contributed by atoms with Crippen LogP contribution in [0.2, 0.25) is 0 Å². The van der Waals surface area contributed by atoms with Gasteiger partial charge in [-0.15, -0.1) is 0 Å². The third-order valence-electron chi connectivity index (χ3n) is 4.30. The summed E-state index contributed by atoms with van der Waals surface area (Å²) in [5.41, 5.74) is 8.56. The minimum Gasteiger partial charge on any atom is -0.355 e. The monoisotopic (exact) mass is 336 g/mol. The van der Waals surface area contributed by atoms with E-state index in [2.05, 4.69) is 39.2 Å². The number of nitrogens with zero attached hydrogens (tertiary/aromatic N) is 4. The normalized spacial score (nSPS) is 17.2.